The predicted molar refractivity (Wildman–Crippen MR) is 83.7 cm³/mol. The van der Waals surface area contributed by atoms with Crippen molar-refractivity contribution >= 4 is 17.7 Å². The van der Waals surface area contributed by atoms with Gasteiger partial charge in [-0.1, -0.05) is 12.1 Å². The lowest BCUT2D eigenvalue weighted by molar-refractivity contribution is 0.0933. The van der Waals surface area contributed by atoms with Crippen LogP contribution in [0.25, 0.3) is 0 Å². The summed E-state index contributed by atoms with van der Waals surface area (Å²) in [6, 6.07) is 7.78. The second-order valence-corrected chi connectivity index (χ2v) is 6.31. The van der Waals surface area contributed by atoms with Gasteiger partial charge in [-0.2, -0.15) is 0 Å². The Hall–Kier alpha value is -2.08. The Morgan fingerprint density at radius 3 is 2.95 bits per heavy atom. The fraction of sp³-hybridized carbons (Fsp3) is 0.250. The lowest BCUT2D eigenvalue weighted by Crippen LogP contribution is -2.34. The molecule has 0 saturated heterocycles. The first-order chi connectivity index (χ1) is 10.6. The lowest BCUT2D eigenvalue weighted by Gasteiger charge is -2.26. The summed E-state index contributed by atoms with van der Waals surface area (Å²) >= 11 is 1.45. The number of pyridine rings is 1. The minimum absolute atomic E-state index is 0.0711. The van der Waals surface area contributed by atoms with Crippen molar-refractivity contribution in [1.82, 2.24) is 10.3 Å². The summed E-state index contributed by atoms with van der Waals surface area (Å²) in [5.41, 5.74) is 1.13. The van der Waals surface area contributed by atoms with Gasteiger partial charge in [-0.25, -0.2) is 4.39 Å². The second-order valence-electron chi connectivity index (χ2n) is 5.21. The van der Waals surface area contributed by atoms with Crippen molar-refractivity contribution in [2.24, 2.45) is 0 Å². The molecule has 6 heteroatoms. The van der Waals surface area contributed by atoms with Crippen LogP contribution in [-0.2, 0) is 0 Å². The highest BCUT2D eigenvalue weighted by molar-refractivity contribution is 7.99. The number of carbonyl (C=O) groups excluding carboxylic acids is 1. The predicted octanol–water partition coefficient (Wildman–Crippen LogP) is 2.79. The monoisotopic (exact) mass is 318 g/mol. The summed E-state index contributed by atoms with van der Waals surface area (Å²) in [5, 5.41) is 2.84. The van der Waals surface area contributed by atoms with Crippen LogP contribution in [0.1, 0.15) is 34.1 Å². The molecule has 0 fully saturated rings. The zero-order valence-corrected chi connectivity index (χ0v) is 12.8. The Labute approximate surface area is 131 Å². The van der Waals surface area contributed by atoms with Crippen LogP contribution in [0.5, 0.6) is 0 Å². The van der Waals surface area contributed by atoms with E-state index in [4.69, 9.17) is 0 Å². The molecule has 1 atom stereocenters. The molecule has 2 N–H and O–H groups in total. The minimum Gasteiger partial charge on any atom is -0.345 e. The van der Waals surface area contributed by atoms with Gasteiger partial charge in [-0.15, -0.1) is 11.8 Å². The number of H-pyrrole nitrogens is 1. The first-order valence-electron chi connectivity index (χ1n) is 6.98. The molecule has 4 nitrogen and oxygen atoms in total. The molecular formula is C16H15FN2O2S. The number of hydrogen-bond acceptors (Lipinski definition) is 3. The molecule has 1 aliphatic rings. The standard InChI is InChI=1S/C16H15FN2O2S/c1-9-5-6-11(15(20)18-9)16(21)19-13-7-8-22-14-10(13)3-2-4-12(14)17/h2-6,13H,7-8H2,1H3,(H,18,20)(H,19,21)/t13-/m1/s1. The van der Waals surface area contributed by atoms with Crippen molar-refractivity contribution in [2.45, 2.75) is 24.3 Å². The van der Waals surface area contributed by atoms with Crippen LogP contribution in [0.15, 0.2) is 40.0 Å². The lowest BCUT2D eigenvalue weighted by atomic mass is 10.0. The van der Waals surface area contributed by atoms with E-state index in [1.54, 1.807) is 19.1 Å². The molecule has 0 spiro atoms. The van der Waals surface area contributed by atoms with Gasteiger partial charge in [0.2, 0.25) is 0 Å². The zero-order chi connectivity index (χ0) is 15.7. The van der Waals surface area contributed by atoms with E-state index in [1.807, 2.05) is 6.07 Å². The van der Waals surface area contributed by atoms with Crippen LogP contribution < -0.4 is 10.9 Å². The van der Waals surface area contributed by atoms with Crippen LogP contribution in [-0.4, -0.2) is 16.6 Å². The van der Waals surface area contributed by atoms with Gasteiger partial charge >= 0.3 is 0 Å². The average Bonchev–Trinajstić information content (AvgIpc) is 2.48. The fourth-order valence-corrected chi connectivity index (χ4v) is 3.66. The largest absolute Gasteiger partial charge is 0.345 e. The molecule has 1 amide bonds. The number of thioether (sulfide) groups is 1. The molecule has 0 bridgehead atoms. The van der Waals surface area contributed by atoms with Crippen molar-refractivity contribution in [3.05, 3.63) is 63.3 Å². The Kier molecular flexibility index (Phi) is 4.02. The molecule has 3 rings (SSSR count). The van der Waals surface area contributed by atoms with E-state index < -0.39 is 11.5 Å². The van der Waals surface area contributed by atoms with Gasteiger partial charge in [0.05, 0.1) is 6.04 Å². The maximum atomic E-state index is 13.8. The Morgan fingerprint density at radius 2 is 2.18 bits per heavy atom. The zero-order valence-electron chi connectivity index (χ0n) is 12.0. The number of amides is 1. The normalized spacial score (nSPS) is 16.9. The number of nitrogens with one attached hydrogen (secondary N) is 2. The number of hydrogen-bond donors (Lipinski definition) is 2. The minimum atomic E-state index is -0.437. The van der Waals surface area contributed by atoms with E-state index in [-0.39, 0.29) is 17.4 Å². The third-order valence-corrected chi connectivity index (χ3v) is 4.79. The fourth-order valence-electron chi connectivity index (χ4n) is 2.52. The van der Waals surface area contributed by atoms with E-state index in [0.717, 1.165) is 11.3 Å². The highest BCUT2D eigenvalue weighted by Gasteiger charge is 2.25. The number of benzene rings is 1. The van der Waals surface area contributed by atoms with Gasteiger partial charge in [0.15, 0.2) is 0 Å². The van der Waals surface area contributed by atoms with Crippen molar-refractivity contribution in [3.8, 4) is 0 Å². The van der Waals surface area contributed by atoms with E-state index in [1.165, 1.54) is 23.9 Å². The molecule has 0 aliphatic carbocycles. The van der Waals surface area contributed by atoms with Crippen LogP contribution in [0, 0.1) is 12.7 Å². The van der Waals surface area contributed by atoms with E-state index in [9.17, 15) is 14.0 Å². The SMILES string of the molecule is Cc1ccc(C(=O)N[C@@H]2CCSc3c(F)cccc32)c(=O)[nH]1. The molecule has 1 aliphatic heterocycles. The van der Waals surface area contributed by atoms with Gasteiger partial charge in [-0.3, -0.25) is 9.59 Å². The first kappa shape index (κ1) is 14.8. The first-order valence-corrected chi connectivity index (χ1v) is 7.97. The van der Waals surface area contributed by atoms with Crippen molar-refractivity contribution in [2.75, 3.05) is 5.75 Å². The molecule has 1 aromatic carbocycles. The summed E-state index contributed by atoms with van der Waals surface area (Å²) in [7, 11) is 0. The number of aromatic amines is 1. The average molecular weight is 318 g/mol. The number of aromatic nitrogens is 1. The van der Waals surface area contributed by atoms with Crippen molar-refractivity contribution in [1.29, 1.82) is 0 Å². The Morgan fingerprint density at radius 1 is 1.36 bits per heavy atom. The van der Waals surface area contributed by atoms with Crippen molar-refractivity contribution in [3.63, 3.8) is 0 Å². The molecule has 0 saturated carbocycles. The third kappa shape index (κ3) is 2.78. The highest BCUT2D eigenvalue weighted by Crippen LogP contribution is 2.37. The van der Waals surface area contributed by atoms with Gasteiger partial charge < -0.3 is 10.3 Å². The van der Waals surface area contributed by atoms with Gasteiger partial charge in [0.1, 0.15) is 11.4 Å². The molecule has 2 heterocycles. The smallest absolute Gasteiger partial charge is 0.260 e. The molecule has 2 aromatic rings. The van der Waals surface area contributed by atoms with Crippen LogP contribution >= 0.6 is 11.8 Å². The van der Waals surface area contributed by atoms with Crippen LogP contribution in [0.2, 0.25) is 0 Å². The van der Waals surface area contributed by atoms with E-state index >= 15 is 0 Å². The molecular weight excluding hydrogens is 303 g/mol. The molecule has 1 aromatic heterocycles. The summed E-state index contributed by atoms with van der Waals surface area (Å²) in [6.45, 7) is 1.75. The summed E-state index contributed by atoms with van der Waals surface area (Å²) in [6.07, 6.45) is 0.705. The maximum absolute atomic E-state index is 13.8. The van der Waals surface area contributed by atoms with Gasteiger partial charge in [0, 0.05) is 16.3 Å². The quantitative estimate of drug-likeness (QED) is 0.895. The highest BCUT2D eigenvalue weighted by atomic mass is 32.2. The topological polar surface area (TPSA) is 62.0 Å². The third-order valence-electron chi connectivity index (χ3n) is 3.63. The van der Waals surface area contributed by atoms with Crippen LogP contribution in [0.4, 0.5) is 4.39 Å². The summed E-state index contributed by atoms with van der Waals surface area (Å²) in [4.78, 5) is 27.3. The van der Waals surface area contributed by atoms with Crippen LogP contribution in [0.3, 0.4) is 0 Å². The van der Waals surface area contributed by atoms with E-state index in [2.05, 4.69) is 10.3 Å². The number of fused-ring (bicyclic) bond motifs is 1. The second kappa shape index (κ2) is 5.96. The van der Waals surface area contributed by atoms with Gasteiger partial charge in [0.25, 0.3) is 11.5 Å². The number of rotatable bonds is 2. The molecule has 22 heavy (non-hydrogen) atoms. The Bertz CT molecular complexity index is 788. The van der Waals surface area contributed by atoms with Crippen molar-refractivity contribution < 1.29 is 9.18 Å². The number of carbonyl (C=O) groups is 1. The molecule has 0 unspecified atom stereocenters. The maximum Gasteiger partial charge on any atom is 0.260 e. The molecule has 114 valence electrons. The number of halogens is 1. The summed E-state index contributed by atoms with van der Waals surface area (Å²) in [5.74, 6) is 0.0198. The summed E-state index contributed by atoms with van der Waals surface area (Å²) < 4.78 is 13.8. The van der Waals surface area contributed by atoms with E-state index in [0.29, 0.717) is 17.0 Å². The van der Waals surface area contributed by atoms with Gasteiger partial charge in [-0.05, 0) is 37.1 Å². The molecule has 0 radical (unpaired) electrons. The number of aryl methyl sites for hydroxylation is 1. The Balaban J connectivity index is 1.87.